The van der Waals surface area contributed by atoms with Gasteiger partial charge in [-0.2, -0.15) is 0 Å². The highest BCUT2D eigenvalue weighted by atomic mass is 16.6. The van der Waals surface area contributed by atoms with E-state index in [2.05, 4.69) is 10.6 Å². The van der Waals surface area contributed by atoms with Gasteiger partial charge in [0.2, 0.25) is 5.91 Å². The molecule has 180 valence electrons. The molecule has 1 aliphatic rings. The van der Waals surface area contributed by atoms with Gasteiger partial charge in [0.1, 0.15) is 24.4 Å². The molecule has 0 saturated heterocycles. The van der Waals surface area contributed by atoms with Crippen LogP contribution in [0.5, 0.6) is 11.5 Å². The molecule has 2 heterocycles. The molecule has 2 N–H and O–H groups in total. The second-order valence-electron chi connectivity index (χ2n) is 9.43. The van der Waals surface area contributed by atoms with Gasteiger partial charge in [-0.25, -0.2) is 4.79 Å². The van der Waals surface area contributed by atoms with Crippen molar-refractivity contribution in [2.75, 3.05) is 13.2 Å². The van der Waals surface area contributed by atoms with Crippen molar-refractivity contribution in [3.05, 3.63) is 60.3 Å². The van der Waals surface area contributed by atoms with Crippen LogP contribution in [0, 0.1) is 0 Å². The van der Waals surface area contributed by atoms with E-state index < -0.39 is 17.7 Å². The lowest BCUT2D eigenvalue weighted by atomic mass is 10.0. The molecule has 0 spiro atoms. The molecule has 3 aromatic rings. The second kappa shape index (κ2) is 9.67. The average Bonchev–Trinajstić information content (AvgIpc) is 3.11. The fraction of sp³-hybridized carbons (Fsp3) is 0.385. The summed E-state index contributed by atoms with van der Waals surface area (Å²) < 4.78 is 19.1. The largest absolute Gasteiger partial charge is 0.486 e. The fourth-order valence-corrected chi connectivity index (χ4v) is 3.97. The number of nitrogens with one attached hydrogen (secondary N) is 2. The van der Waals surface area contributed by atoms with Crippen LogP contribution in [0.25, 0.3) is 10.9 Å². The molecule has 1 aliphatic heterocycles. The van der Waals surface area contributed by atoms with E-state index in [1.807, 2.05) is 66.3 Å². The molecular formula is C26H31N3O5. The average molecular weight is 466 g/mol. The smallest absolute Gasteiger partial charge is 0.408 e. The lowest BCUT2D eigenvalue weighted by molar-refractivity contribution is -0.123. The molecule has 1 aromatic heterocycles. The number of aryl methyl sites for hydroxylation is 1. The first-order valence-electron chi connectivity index (χ1n) is 11.4. The molecule has 0 aliphatic carbocycles. The van der Waals surface area contributed by atoms with Crippen LogP contribution in [-0.2, 0) is 23.0 Å². The molecule has 8 nitrogen and oxygen atoms in total. The number of nitrogens with zero attached hydrogens (tertiary/aromatic N) is 1. The first kappa shape index (κ1) is 23.5. The van der Waals surface area contributed by atoms with Gasteiger partial charge in [0.05, 0.1) is 6.54 Å². The number of benzene rings is 2. The van der Waals surface area contributed by atoms with E-state index in [0.29, 0.717) is 24.5 Å². The third-order valence-electron chi connectivity index (χ3n) is 5.48. The number of amides is 2. The maximum absolute atomic E-state index is 13.2. The molecule has 34 heavy (non-hydrogen) atoms. The van der Waals surface area contributed by atoms with E-state index in [1.54, 1.807) is 20.8 Å². The van der Waals surface area contributed by atoms with Crippen molar-refractivity contribution in [1.29, 1.82) is 0 Å². The summed E-state index contributed by atoms with van der Waals surface area (Å²) in [6.45, 7) is 5.92. The van der Waals surface area contributed by atoms with Crippen molar-refractivity contribution in [1.82, 2.24) is 15.2 Å². The van der Waals surface area contributed by atoms with Crippen LogP contribution in [0.3, 0.4) is 0 Å². The van der Waals surface area contributed by atoms with Crippen LogP contribution in [0.1, 0.15) is 26.3 Å². The third kappa shape index (κ3) is 5.62. The number of hydrogen-bond acceptors (Lipinski definition) is 5. The number of carbonyl (C=O) groups is 2. The summed E-state index contributed by atoms with van der Waals surface area (Å²) in [6, 6.07) is 14.6. The highest BCUT2D eigenvalue weighted by Gasteiger charge is 2.28. The van der Waals surface area contributed by atoms with Gasteiger partial charge < -0.3 is 29.4 Å². The molecule has 4 rings (SSSR count). The fourth-order valence-electron chi connectivity index (χ4n) is 3.97. The maximum atomic E-state index is 13.2. The highest BCUT2D eigenvalue weighted by molar-refractivity contribution is 5.88. The highest BCUT2D eigenvalue weighted by Crippen LogP contribution is 2.30. The van der Waals surface area contributed by atoms with Crippen LogP contribution in [0.2, 0.25) is 0 Å². The predicted molar refractivity (Wildman–Crippen MR) is 129 cm³/mol. The molecule has 1 unspecified atom stereocenters. The molecule has 2 aromatic carbocycles. The van der Waals surface area contributed by atoms with Crippen LogP contribution in [-0.4, -0.2) is 47.5 Å². The topological polar surface area (TPSA) is 90.8 Å². The normalized spacial score (nSPS) is 16.1. The minimum Gasteiger partial charge on any atom is -0.486 e. The van der Waals surface area contributed by atoms with Crippen LogP contribution in [0.4, 0.5) is 4.79 Å². The summed E-state index contributed by atoms with van der Waals surface area (Å²) in [5.74, 6) is 1.01. The minimum absolute atomic E-state index is 0.245. The van der Waals surface area contributed by atoms with E-state index in [4.69, 9.17) is 14.2 Å². The summed E-state index contributed by atoms with van der Waals surface area (Å²) in [6.07, 6.45) is 1.33. The van der Waals surface area contributed by atoms with Gasteiger partial charge in [0.15, 0.2) is 11.5 Å². The summed E-state index contributed by atoms with van der Waals surface area (Å²) in [5.41, 5.74) is 1.34. The Morgan fingerprint density at radius 2 is 1.82 bits per heavy atom. The molecular weight excluding hydrogens is 434 g/mol. The Hall–Kier alpha value is -3.68. The zero-order valence-electron chi connectivity index (χ0n) is 20.0. The van der Waals surface area contributed by atoms with Crippen molar-refractivity contribution in [3.63, 3.8) is 0 Å². The van der Waals surface area contributed by atoms with Crippen LogP contribution >= 0.6 is 0 Å². The van der Waals surface area contributed by atoms with Gasteiger partial charge in [-0.3, -0.25) is 4.79 Å². The van der Waals surface area contributed by atoms with E-state index in [1.165, 1.54) is 0 Å². The number of hydrogen-bond donors (Lipinski definition) is 2. The van der Waals surface area contributed by atoms with E-state index in [0.717, 1.165) is 16.5 Å². The van der Waals surface area contributed by atoms with E-state index in [-0.39, 0.29) is 18.6 Å². The van der Waals surface area contributed by atoms with E-state index in [9.17, 15) is 9.59 Å². The van der Waals surface area contributed by atoms with Crippen molar-refractivity contribution < 1.29 is 23.8 Å². The number of carbonyl (C=O) groups excluding carboxylic acids is 2. The predicted octanol–water partition coefficient (Wildman–Crippen LogP) is 3.57. The quantitative estimate of drug-likeness (QED) is 0.581. The first-order chi connectivity index (χ1) is 16.2. The second-order valence-corrected chi connectivity index (χ2v) is 9.43. The number of fused-ring (bicyclic) bond motifs is 2. The SMILES string of the molecule is Cn1cc(C[C@@H](NC(=O)OC(C)(C)C)C(=O)NCC2COc3ccccc3O2)c2ccccc21. The van der Waals surface area contributed by atoms with Crippen molar-refractivity contribution in [2.45, 2.75) is 44.9 Å². The van der Waals surface area contributed by atoms with Crippen molar-refractivity contribution in [2.24, 2.45) is 7.05 Å². The van der Waals surface area contributed by atoms with Crippen molar-refractivity contribution >= 4 is 22.9 Å². The number of rotatable bonds is 6. The van der Waals surface area contributed by atoms with Gasteiger partial charge >= 0.3 is 6.09 Å². The lowest BCUT2D eigenvalue weighted by Crippen LogP contribution is -2.51. The third-order valence-corrected chi connectivity index (χ3v) is 5.48. The van der Waals surface area contributed by atoms with Gasteiger partial charge in [0.25, 0.3) is 0 Å². The zero-order valence-corrected chi connectivity index (χ0v) is 20.0. The summed E-state index contributed by atoms with van der Waals surface area (Å²) in [7, 11) is 1.96. The molecule has 2 amide bonds. The number of aromatic nitrogens is 1. The van der Waals surface area contributed by atoms with Crippen LogP contribution in [0.15, 0.2) is 54.7 Å². The summed E-state index contributed by atoms with van der Waals surface area (Å²) in [5, 5.41) is 6.69. The molecule has 2 atom stereocenters. The molecule has 0 saturated carbocycles. The van der Waals surface area contributed by atoms with Crippen molar-refractivity contribution in [3.8, 4) is 11.5 Å². The Kier molecular flexibility index (Phi) is 6.68. The Morgan fingerprint density at radius 3 is 2.59 bits per heavy atom. The standard InChI is InChI=1S/C26H31N3O5/c1-26(2,3)34-25(31)28-20(13-17-15-29(4)21-10-6-5-9-19(17)21)24(30)27-14-18-16-32-22-11-7-8-12-23(22)33-18/h5-12,15,18,20H,13-14,16H2,1-4H3,(H,27,30)(H,28,31)/t18?,20-/m1/s1. The Balaban J connectivity index is 1.46. The van der Waals surface area contributed by atoms with Crippen LogP contribution < -0.4 is 20.1 Å². The van der Waals surface area contributed by atoms with E-state index >= 15 is 0 Å². The van der Waals surface area contributed by atoms with Gasteiger partial charge in [-0.15, -0.1) is 0 Å². The maximum Gasteiger partial charge on any atom is 0.408 e. The molecule has 0 fully saturated rings. The summed E-state index contributed by atoms with van der Waals surface area (Å²) >= 11 is 0. The molecule has 8 heteroatoms. The number of ether oxygens (including phenoxy) is 3. The number of alkyl carbamates (subject to hydrolysis) is 1. The monoisotopic (exact) mass is 465 g/mol. The Morgan fingerprint density at radius 1 is 1.12 bits per heavy atom. The van der Waals surface area contributed by atoms with Gasteiger partial charge in [0, 0.05) is 30.6 Å². The first-order valence-corrected chi connectivity index (χ1v) is 11.4. The van der Waals surface area contributed by atoms with Gasteiger partial charge in [-0.1, -0.05) is 30.3 Å². The molecule has 0 bridgehead atoms. The number of para-hydroxylation sites is 3. The van der Waals surface area contributed by atoms with Gasteiger partial charge in [-0.05, 0) is 44.5 Å². The lowest BCUT2D eigenvalue weighted by Gasteiger charge is -2.27. The molecule has 0 radical (unpaired) electrons. The Labute approximate surface area is 199 Å². The Bertz CT molecular complexity index is 1180. The zero-order chi connectivity index (χ0) is 24.3. The summed E-state index contributed by atoms with van der Waals surface area (Å²) in [4.78, 5) is 25.7. The minimum atomic E-state index is -0.822.